The minimum Gasteiger partial charge on any atom is -0.461 e. The fourth-order valence-corrected chi connectivity index (χ4v) is 8.43. The molecule has 4 N–H and O–H groups in total. The summed E-state index contributed by atoms with van der Waals surface area (Å²) in [6, 6.07) is 11.7. The lowest BCUT2D eigenvalue weighted by Crippen LogP contribution is -2.54. The molecule has 2 aromatic heterocycles. The largest absolute Gasteiger partial charge is 0.461 e. The number of nitrogens with two attached hydrogens (primary N) is 1. The summed E-state index contributed by atoms with van der Waals surface area (Å²) >= 11 is 0. The number of nitrogen functional groups attached to an aromatic ring is 1. The van der Waals surface area contributed by atoms with Gasteiger partial charge in [0.15, 0.2) is 5.82 Å². The first-order chi connectivity index (χ1) is 33.4. The van der Waals surface area contributed by atoms with Gasteiger partial charge < -0.3 is 39.8 Å². The quantitative estimate of drug-likeness (QED) is 0.0612. The molecule has 20 nitrogen and oxygen atoms in total. The van der Waals surface area contributed by atoms with Crippen LogP contribution in [0, 0.1) is 11.6 Å². The molecule has 5 heterocycles. The standard InChI is InChI=1S/C47H48F2N10O10/c1-3-37(61)56-16-17-57(27(2)26-56)42-30-25-34(58-15-13-35(50)52-47(58)65)39(28-7-4-5-9-31(28)48)40(49)41(30)54-46(55-42)69-24-23-68-22-21-67-20-19-66-18-14-51-32-10-6-8-29-38(32)45(64)59(44(29)63)33-11-12-36(60)53-43(33)62/h3-10,13,15,25,27,33,51H,1,11-12,14,16-24,26H2,2H3,(H2,50,52,65)(H,53,60,62). The molecule has 69 heavy (non-hydrogen) atoms. The average molecular weight is 951 g/mol. The summed E-state index contributed by atoms with van der Waals surface area (Å²) in [5, 5.41) is 5.49. The number of piperazine rings is 1. The lowest BCUT2D eigenvalue weighted by atomic mass is 9.99. The number of nitrogens with one attached hydrogen (secondary N) is 2. The summed E-state index contributed by atoms with van der Waals surface area (Å²) in [4.78, 5) is 93.5. The summed E-state index contributed by atoms with van der Waals surface area (Å²) in [5.41, 5.74) is 5.09. The average Bonchev–Trinajstić information content (AvgIpc) is 3.59. The maximum atomic E-state index is 17.2. The highest BCUT2D eigenvalue weighted by molar-refractivity contribution is 6.25. The van der Waals surface area contributed by atoms with Crippen LogP contribution in [0.5, 0.6) is 6.01 Å². The summed E-state index contributed by atoms with van der Waals surface area (Å²) in [7, 11) is 0. The number of halogens is 2. The van der Waals surface area contributed by atoms with Crippen molar-refractivity contribution >= 4 is 57.8 Å². The van der Waals surface area contributed by atoms with E-state index in [0.29, 0.717) is 31.9 Å². The van der Waals surface area contributed by atoms with Crippen LogP contribution in [-0.4, -0.2) is 143 Å². The van der Waals surface area contributed by atoms with Crippen molar-refractivity contribution < 1.29 is 51.7 Å². The highest BCUT2D eigenvalue weighted by Gasteiger charge is 2.45. The van der Waals surface area contributed by atoms with Crippen LogP contribution in [0.4, 0.5) is 26.1 Å². The van der Waals surface area contributed by atoms with E-state index in [1.165, 1.54) is 54.7 Å². The molecule has 0 bridgehead atoms. The van der Waals surface area contributed by atoms with Crippen molar-refractivity contribution in [3.8, 4) is 22.8 Å². The predicted octanol–water partition coefficient (Wildman–Crippen LogP) is 2.87. The second-order valence-corrected chi connectivity index (χ2v) is 16.1. The van der Waals surface area contributed by atoms with Gasteiger partial charge >= 0.3 is 11.7 Å². The van der Waals surface area contributed by atoms with E-state index in [-0.39, 0.29) is 128 Å². The smallest absolute Gasteiger partial charge is 0.354 e. The van der Waals surface area contributed by atoms with E-state index in [0.717, 1.165) is 9.47 Å². The molecule has 0 spiro atoms. The van der Waals surface area contributed by atoms with E-state index in [1.807, 2.05) is 11.8 Å². The molecule has 22 heteroatoms. The third-order valence-electron chi connectivity index (χ3n) is 11.7. The van der Waals surface area contributed by atoms with Crippen LogP contribution in [0.1, 0.15) is 40.5 Å². The van der Waals surface area contributed by atoms with Crippen LogP contribution < -0.4 is 31.7 Å². The molecular formula is C47H48F2N10O10. The van der Waals surface area contributed by atoms with Crippen LogP contribution in [0.2, 0.25) is 0 Å². The summed E-state index contributed by atoms with van der Waals surface area (Å²) in [6.07, 6.45) is 2.65. The zero-order valence-electron chi connectivity index (χ0n) is 37.5. The Morgan fingerprint density at radius 3 is 2.32 bits per heavy atom. The summed E-state index contributed by atoms with van der Waals surface area (Å²) in [6.45, 7) is 7.90. The van der Waals surface area contributed by atoms with Crippen molar-refractivity contribution in [3.05, 3.63) is 107 Å². The monoisotopic (exact) mass is 950 g/mol. The molecule has 3 aliphatic rings. The normalized spacial score (nSPS) is 17.1. The number of hydrogen-bond donors (Lipinski definition) is 3. The van der Waals surface area contributed by atoms with Gasteiger partial charge in [0.2, 0.25) is 17.7 Å². The highest BCUT2D eigenvalue weighted by Crippen LogP contribution is 2.40. The number of amides is 5. The summed E-state index contributed by atoms with van der Waals surface area (Å²) < 4.78 is 56.6. The van der Waals surface area contributed by atoms with Crippen LogP contribution in [0.25, 0.3) is 27.7 Å². The second kappa shape index (κ2) is 21.1. The van der Waals surface area contributed by atoms with E-state index >= 15 is 8.78 Å². The Labute approximate surface area is 393 Å². The molecule has 5 aromatic rings. The number of anilines is 3. The predicted molar refractivity (Wildman–Crippen MR) is 246 cm³/mol. The summed E-state index contributed by atoms with van der Waals surface area (Å²) in [5.74, 6) is -4.06. The molecule has 2 saturated heterocycles. The second-order valence-electron chi connectivity index (χ2n) is 16.1. The number of rotatable bonds is 19. The molecule has 2 fully saturated rings. The van der Waals surface area contributed by atoms with Gasteiger partial charge in [0, 0.05) is 67.0 Å². The van der Waals surface area contributed by atoms with Crippen LogP contribution in [0.15, 0.2) is 78.2 Å². The molecule has 2 unspecified atom stereocenters. The zero-order chi connectivity index (χ0) is 48.8. The number of piperidine rings is 1. The highest BCUT2D eigenvalue weighted by atomic mass is 19.1. The van der Waals surface area contributed by atoms with Gasteiger partial charge in [-0.3, -0.25) is 38.8 Å². The Hall–Kier alpha value is -7.69. The number of fused-ring (bicyclic) bond motifs is 2. The van der Waals surface area contributed by atoms with Gasteiger partial charge in [-0.1, -0.05) is 30.8 Å². The molecule has 0 aliphatic carbocycles. The molecule has 0 radical (unpaired) electrons. The van der Waals surface area contributed by atoms with E-state index in [1.54, 1.807) is 17.0 Å². The van der Waals surface area contributed by atoms with Crippen molar-refractivity contribution in [1.29, 1.82) is 0 Å². The Morgan fingerprint density at radius 1 is 0.884 bits per heavy atom. The molecular weight excluding hydrogens is 903 g/mol. The fraction of sp³-hybridized carbons (Fsp3) is 0.340. The van der Waals surface area contributed by atoms with Crippen molar-refractivity contribution in [2.45, 2.75) is 31.8 Å². The van der Waals surface area contributed by atoms with E-state index < -0.39 is 47.0 Å². The number of carbonyl (C=O) groups is 5. The van der Waals surface area contributed by atoms with E-state index in [9.17, 15) is 28.8 Å². The first-order valence-electron chi connectivity index (χ1n) is 22.1. The van der Waals surface area contributed by atoms with Crippen molar-refractivity contribution in [2.24, 2.45) is 0 Å². The van der Waals surface area contributed by atoms with Gasteiger partial charge in [-0.2, -0.15) is 15.0 Å². The number of aromatic nitrogens is 4. The number of ether oxygens (including phenoxy) is 4. The van der Waals surface area contributed by atoms with Crippen LogP contribution >= 0.6 is 0 Å². The number of carbonyl (C=O) groups excluding carboxylic acids is 5. The van der Waals surface area contributed by atoms with Gasteiger partial charge in [0.05, 0.1) is 56.5 Å². The molecule has 3 aromatic carbocycles. The molecule has 5 amide bonds. The third-order valence-corrected chi connectivity index (χ3v) is 11.7. The lowest BCUT2D eigenvalue weighted by molar-refractivity contribution is -0.136. The minimum atomic E-state index is -1.06. The Morgan fingerprint density at radius 2 is 1.61 bits per heavy atom. The maximum Gasteiger partial charge on any atom is 0.354 e. The topological polar surface area (TPSA) is 243 Å². The molecule has 3 aliphatic heterocycles. The van der Waals surface area contributed by atoms with Gasteiger partial charge in [-0.15, -0.1) is 0 Å². The van der Waals surface area contributed by atoms with Gasteiger partial charge in [-0.25, -0.2) is 13.6 Å². The Kier molecular flexibility index (Phi) is 14.6. The molecule has 360 valence electrons. The van der Waals surface area contributed by atoms with Crippen LogP contribution in [-0.2, 0) is 28.6 Å². The first-order valence-corrected chi connectivity index (χ1v) is 22.1. The minimum absolute atomic E-state index is 0.0262. The Balaban J connectivity index is 0.860. The number of nitrogens with zero attached hydrogens (tertiary/aromatic N) is 7. The lowest BCUT2D eigenvalue weighted by Gasteiger charge is -2.40. The van der Waals surface area contributed by atoms with Crippen molar-refractivity contribution in [2.75, 3.05) is 88.4 Å². The molecule has 8 rings (SSSR count). The molecule has 0 saturated carbocycles. The first kappa shape index (κ1) is 47.8. The van der Waals surface area contributed by atoms with Gasteiger partial charge in [0.25, 0.3) is 11.8 Å². The number of hydrogen-bond acceptors (Lipinski definition) is 16. The third kappa shape index (κ3) is 10.1. The number of imide groups is 2. The van der Waals surface area contributed by atoms with E-state index in [4.69, 9.17) is 29.7 Å². The SMILES string of the molecule is C=CC(=O)N1CCN(c2nc(OCCOCCOCCOCCNc3cccc4c3C(=O)N(C3CCC(=O)NC3=O)C4=O)nc3c(F)c(-c4ccccc4F)c(-n4ccc(N)nc4=O)cc23)C(C)C1. The van der Waals surface area contributed by atoms with Crippen LogP contribution in [0.3, 0.4) is 0 Å². The zero-order valence-corrected chi connectivity index (χ0v) is 37.5. The maximum absolute atomic E-state index is 17.2. The molecule has 2 atom stereocenters. The Bertz CT molecular complexity index is 2900. The van der Waals surface area contributed by atoms with Gasteiger partial charge in [0.1, 0.15) is 35.6 Å². The van der Waals surface area contributed by atoms with Gasteiger partial charge in [-0.05, 0) is 49.8 Å². The number of benzene rings is 3. The fourth-order valence-electron chi connectivity index (χ4n) is 8.43. The van der Waals surface area contributed by atoms with Crippen molar-refractivity contribution in [3.63, 3.8) is 0 Å². The van der Waals surface area contributed by atoms with Crippen molar-refractivity contribution in [1.82, 2.24) is 34.6 Å². The van der Waals surface area contributed by atoms with E-state index in [2.05, 4.69) is 27.2 Å².